The molecule has 3 nitrogen and oxygen atoms in total. The molecular formula is C15H23ClN2OS. The molecule has 0 aromatic carbocycles. The number of carbonyl (C=O) groups excluding carboxylic acids is 1. The Morgan fingerprint density at radius 2 is 2.35 bits per heavy atom. The van der Waals surface area contributed by atoms with Gasteiger partial charge >= 0.3 is 0 Å². The van der Waals surface area contributed by atoms with Crippen molar-refractivity contribution in [3.05, 3.63) is 16.1 Å². The molecule has 1 amide bonds. The van der Waals surface area contributed by atoms with Gasteiger partial charge < -0.3 is 4.90 Å². The van der Waals surface area contributed by atoms with E-state index >= 15 is 0 Å². The number of thiazole rings is 1. The van der Waals surface area contributed by atoms with E-state index in [1.165, 1.54) is 6.42 Å². The van der Waals surface area contributed by atoms with E-state index in [-0.39, 0.29) is 0 Å². The molecule has 2 rings (SSSR count). The molecule has 1 saturated heterocycles. The van der Waals surface area contributed by atoms with Crippen molar-refractivity contribution in [3.8, 4) is 0 Å². The smallest absolute Gasteiger partial charge is 0.222 e. The zero-order chi connectivity index (χ0) is 14.4. The number of amides is 1. The molecule has 1 aromatic heterocycles. The largest absolute Gasteiger partial charge is 0.343 e. The van der Waals surface area contributed by atoms with Gasteiger partial charge in [0.15, 0.2) is 0 Å². The maximum Gasteiger partial charge on any atom is 0.222 e. The Balaban J connectivity index is 1.76. The molecule has 0 saturated carbocycles. The molecule has 0 radical (unpaired) electrons. The molecule has 0 spiro atoms. The molecule has 0 bridgehead atoms. The van der Waals surface area contributed by atoms with Gasteiger partial charge in [-0.15, -0.1) is 22.9 Å². The summed E-state index contributed by atoms with van der Waals surface area (Å²) in [5.41, 5.74) is 0.961. The first-order chi connectivity index (χ1) is 9.72. The van der Waals surface area contributed by atoms with Gasteiger partial charge in [0.25, 0.3) is 0 Å². The van der Waals surface area contributed by atoms with Crippen LogP contribution in [0.25, 0.3) is 0 Å². The zero-order valence-electron chi connectivity index (χ0n) is 12.1. The molecule has 1 fully saturated rings. The van der Waals surface area contributed by atoms with E-state index in [1.54, 1.807) is 11.3 Å². The Labute approximate surface area is 130 Å². The Hall–Kier alpha value is -0.610. The quantitative estimate of drug-likeness (QED) is 0.747. The molecule has 1 aliphatic heterocycles. The third kappa shape index (κ3) is 4.45. The number of carbonyl (C=O) groups is 1. The van der Waals surface area contributed by atoms with Gasteiger partial charge in [0.1, 0.15) is 0 Å². The van der Waals surface area contributed by atoms with Crippen LogP contribution < -0.4 is 0 Å². The highest BCUT2D eigenvalue weighted by atomic mass is 35.5. The van der Waals surface area contributed by atoms with E-state index in [2.05, 4.69) is 11.9 Å². The molecule has 112 valence electrons. The van der Waals surface area contributed by atoms with Gasteiger partial charge in [-0.2, -0.15) is 0 Å². The standard InChI is InChI=1S/C15H23ClN2OS/c1-2-12-5-6-15(19)18(9-7-12)8-3-4-14-17-13(10-16)11-20-14/h11-12H,2-10H2,1H3. The number of halogens is 1. The van der Waals surface area contributed by atoms with Crippen LogP contribution in [0.5, 0.6) is 0 Å². The van der Waals surface area contributed by atoms with Gasteiger partial charge in [0, 0.05) is 31.3 Å². The second kappa shape index (κ2) is 7.99. The lowest BCUT2D eigenvalue weighted by Gasteiger charge is -2.20. The average Bonchev–Trinajstić information content (AvgIpc) is 2.85. The number of alkyl halides is 1. The molecule has 0 aliphatic carbocycles. The summed E-state index contributed by atoms with van der Waals surface area (Å²) in [5, 5.41) is 3.15. The molecule has 1 aliphatic rings. The zero-order valence-corrected chi connectivity index (χ0v) is 13.7. The second-order valence-corrected chi connectivity index (χ2v) is 6.66. The monoisotopic (exact) mass is 314 g/mol. The van der Waals surface area contributed by atoms with Gasteiger partial charge in [0.05, 0.1) is 16.6 Å². The Morgan fingerprint density at radius 1 is 1.50 bits per heavy atom. The fourth-order valence-corrected chi connectivity index (χ4v) is 3.75. The number of hydrogen-bond donors (Lipinski definition) is 0. The number of nitrogens with zero attached hydrogens (tertiary/aromatic N) is 2. The van der Waals surface area contributed by atoms with Crippen molar-refractivity contribution < 1.29 is 4.79 Å². The summed E-state index contributed by atoms with van der Waals surface area (Å²) in [7, 11) is 0. The number of aromatic nitrogens is 1. The van der Waals surface area contributed by atoms with Crippen LogP contribution in [-0.4, -0.2) is 28.9 Å². The highest BCUT2D eigenvalue weighted by Crippen LogP contribution is 2.21. The SMILES string of the molecule is CCC1CCC(=O)N(CCCc2nc(CCl)cs2)CC1. The van der Waals surface area contributed by atoms with Crippen LogP contribution in [0.15, 0.2) is 5.38 Å². The molecule has 1 unspecified atom stereocenters. The van der Waals surface area contributed by atoms with Crippen molar-refractivity contribution in [1.29, 1.82) is 0 Å². The van der Waals surface area contributed by atoms with E-state index in [9.17, 15) is 4.79 Å². The van der Waals surface area contributed by atoms with Gasteiger partial charge in [-0.05, 0) is 25.2 Å². The highest BCUT2D eigenvalue weighted by molar-refractivity contribution is 7.09. The lowest BCUT2D eigenvalue weighted by molar-refractivity contribution is -0.130. The predicted octanol–water partition coefficient (Wildman–Crippen LogP) is 3.85. The first-order valence-electron chi connectivity index (χ1n) is 7.50. The van der Waals surface area contributed by atoms with Crippen molar-refractivity contribution >= 4 is 28.8 Å². The maximum atomic E-state index is 12.1. The first-order valence-corrected chi connectivity index (χ1v) is 8.91. The van der Waals surface area contributed by atoms with Gasteiger partial charge in [-0.25, -0.2) is 4.98 Å². The van der Waals surface area contributed by atoms with E-state index in [1.807, 2.05) is 10.3 Å². The molecule has 20 heavy (non-hydrogen) atoms. The minimum absolute atomic E-state index is 0.335. The van der Waals surface area contributed by atoms with Crippen LogP contribution in [0, 0.1) is 5.92 Å². The number of likely N-dealkylation sites (tertiary alicyclic amines) is 1. The summed E-state index contributed by atoms with van der Waals surface area (Å²) in [4.78, 5) is 18.6. The van der Waals surface area contributed by atoms with Gasteiger partial charge in [-0.1, -0.05) is 13.3 Å². The number of aryl methyl sites for hydroxylation is 1. The van der Waals surface area contributed by atoms with Crippen molar-refractivity contribution in [3.63, 3.8) is 0 Å². The minimum Gasteiger partial charge on any atom is -0.343 e. The van der Waals surface area contributed by atoms with Crippen LogP contribution in [0.1, 0.15) is 49.7 Å². The minimum atomic E-state index is 0.335. The lowest BCUT2D eigenvalue weighted by Crippen LogP contribution is -2.31. The normalized spacial score (nSPS) is 20.2. The summed E-state index contributed by atoms with van der Waals surface area (Å²) < 4.78 is 0. The topological polar surface area (TPSA) is 33.2 Å². The van der Waals surface area contributed by atoms with Crippen molar-refractivity contribution in [2.45, 2.75) is 51.3 Å². The highest BCUT2D eigenvalue weighted by Gasteiger charge is 2.21. The molecule has 0 N–H and O–H groups in total. The summed E-state index contributed by atoms with van der Waals surface area (Å²) >= 11 is 7.42. The number of rotatable bonds is 6. The van der Waals surface area contributed by atoms with E-state index in [0.717, 1.165) is 61.8 Å². The van der Waals surface area contributed by atoms with Crippen LogP contribution >= 0.6 is 22.9 Å². The third-order valence-electron chi connectivity index (χ3n) is 4.06. The predicted molar refractivity (Wildman–Crippen MR) is 84.2 cm³/mol. The average molecular weight is 315 g/mol. The lowest BCUT2D eigenvalue weighted by atomic mass is 9.98. The fourth-order valence-electron chi connectivity index (χ4n) is 2.68. The van der Waals surface area contributed by atoms with Crippen LogP contribution in [-0.2, 0) is 17.1 Å². The van der Waals surface area contributed by atoms with Gasteiger partial charge in [0.2, 0.25) is 5.91 Å². The Morgan fingerprint density at radius 3 is 3.05 bits per heavy atom. The molecular weight excluding hydrogens is 292 g/mol. The second-order valence-electron chi connectivity index (χ2n) is 5.45. The summed E-state index contributed by atoms with van der Waals surface area (Å²) in [6.07, 6.45) is 6.10. The summed E-state index contributed by atoms with van der Waals surface area (Å²) in [6, 6.07) is 0. The summed E-state index contributed by atoms with van der Waals surface area (Å²) in [6.45, 7) is 4.02. The Bertz CT molecular complexity index is 435. The van der Waals surface area contributed by atoms with Crippen LogP contribution in [0.2, 0.25) is 0 Å². The van der Waals surface area contributed by atoms with Gasteiger partial charge in [-0.3, -0.25) is 4.79 Å². The molecule has 2 heterocycles. The molecule has 1 atom stereocenters. The fraction of sp³-hybridized carbons (Fsp3) is 0.733. The molecule has 5 heteroatoms. The number of hydrogen-bond acceptors (Lipinski definition) is 3. The van der Waals surface area contributed by atoms with E-state index in [0.29, 0.717) is 11.8 Å². The van der Waals surface area contributed by atoms with Crippen LogP contribution in [0.3, 0.4) is 0 Å². The Kier molecular flexibility index (Phi) is 6.30. The summed E-state index contributed by atoms with van der Waals surface area (Å²) in [5.74, 6) is 1.55. The van der Waals surface area contributed by atoms with Crippen molar-refractivity contribution in [2.24, 2.45) is 5.92 Å². The third-order valence-corrected chi connectivity index (χ3v) is 5.29. The maximum absolute atomic E-state index is 12.1. The van der Waals surface area contributed by atoms with E-state index < -0.39 is 0 Å². The van der Waals surface area contributed by atoms with E-state index in [4.69, 9.17) is 11.6 Å². The van der Waals surface area contributed by atoms with Crippen molar-refractivity contribution in [2.75, 3.05) is 13.1 Å². The van der Waals surface area contributed by atoms with Crippen molar-refractivity contribution in [1.82, 2.24) is 9.88 Å². The molecule has 1 aromatic rings. The van der Waals surface area contributed by atoms with Crippen LogP contribution in [0.4, 0.5) is 0 Å². The first kappa shape index (κ1) is 15.8.